The minimum Gasteiger partial charge on any atom is -0.508 e. The number of phenols is 1. The zero-order valence-corrected chi connectivity index (χ0v) is 8.13. The van der Waals surface area contributed by atoms with E-state index in [1.54, 1.807) is 6.08 Å². The normalized spacial score (nSPS) is 12.4. The van der Waals surface area contributed by atoms with Gasteiger partial charge in [0.05, 0.1) is 0 Å². The van der Waals surface area contributed by atoms with E-state index in [1.165, 1.54) is 18.2 Å². The molecule has 0 aromatic heterocycles. The van der Waals surface area contributed by atoms with E-state index in [4.69, 9.17) is 0 Å². The monoisotopic (exact) mass is 195 g/mol. The smallest absolute Gasteiger partial charge is 0.123 e. The third-order valence-corrected chi connectivity index (χ3v) is 2.02. The molecule has 1 atom stereocenters. The van der Waals surface area contributed by atoms with Crippen LogP contribution in [-0.4, -0.2) is 11.7 Å². The number of nitrogens with one attached hydrogen (secondary N) is 1. The molecule has 0 aliphatic rings. The van der Waals surface area contributed by atoms with Crippen molar-refractivity contribution in [1.29, 1.82) is 0 Å². The fraction of sp³-hybridized carbons (Fsp3) is 0.273. The quantitative estimate of drug-likeness (QED) is 0.723. The minimum absolute atomic E-state index is 0.0938. The average molecular weight is 195 g/mol. The molecule has 0 heterocycles. The van der Waals surface area contributed by atoms with Gasteiger partial charge >= 0.3 is 0 Å². The zero-order chi connectivity index (χ0) is 10.6. The van der Waals surface area contributed by atoms with Crippen molar-refractivity contribution in [2.75, 3.05) is 6.54 Å². The van der Waals surface area contributed by atoms with Crippen LogP contribution in [0.25, 0.3) is 0 Å². The van der Waals surface area contributed by atoms with Gasteiger partial charge in [0.15, 0.2) is 0 Å². The summed E-state index contributed by atoms with van der Waals surface area (Å²) in [5.41, 5.74) is 0.562. The standard InChI is InChI=1S/C11H14FNO/c1-3-6-13-8(2)10-7-9(12)4-5-11(10)14/h3-5,7-8,13-14H,1,6H2,2H3. The van der Waals surface area contributed by atoms with Gasteiger partial charge in [0.2, 0.25) is 0 Å². The molecule has 1 aromatic rings. The molecule has 0 spiro atoms. The summed E-state index contributed by atoms with van der Waals surface area (Å²) in [6, 6.07) is 3.83. The summed E-state index contributed by atoms with van der Waals surface area (Å²) in [4.78, 5) is 0. The van der Waals surface area contributed by atoms with Crippen molar-refractivity contribution in [3.05, 3.63) is 42.2 Å². The Morgan fingerprint density at radius 2 is 2.36 bits per heavy atom. The molecule has 1 rings (SSSR count). The molecule has 1 aromatic carbocycles. The third kappa shape index (κ3) is 2.57. The lowest BCUT2D eigenvalue weighted by Crippen LogP contribution is -2.18. The van der Waals surface area contributed by atoms with Gasteiger partial charge in [-0.3, -0.25) is 0 Å². The van der Waals surface area contributed by atoms with Gasteiger partial charge in [-0.1, -0.05) is 6.08 Å². The second kappa shape index (κ2) is 4.77. The lowest BCUT2D eigenvalue weighted by Gasteiger charge is -2.14. The number of aromatic hydroxyl groups is 1. The fourth-order valence-electron chi connectivity index (χ4n) is 1.24. The Balaban J connectivity index is 2.82. The van der Waals surface area contributed by atoms with Crippen molar-refractivity contribution < 1.29 is 9.50 Å². The number of halogens is 1. The van der Waals surface area contributed by atoms with Gasteiger partial charge in [-0.25, -0.2) is 4.39 Å². The Bertz CT molecular complexity index is 325. The van der Waals surface area contributed by atoms with Crippen LogP contribution in [0.5, 0.6) is 5.75 Å². The van der Waals surface area contributed by atoms with Crippen molar-refractivity contribution in [2.45, 2.75) is 13.0 Å². The Labute approximate surface area is 83.1 Å². The maximum Gasteiger partial charge on any atom is 0.123 e. The summed E-state index contributed by atoms with van der Waals surface area (Å²) in [7, 11) is 0. The van der Waals surface area contributed by atoms with Crippen LogP contribution >= 0.6 is 0 Å². The summed E-state index contributed by atoms with van der Waals surface area (Å²) < 4.78 is 12.9. The molecule has 0 saturated heterocycles. The molecule has 0 fully saturated rings. The van der Waals surface area contributed by atoms with Crippen LogP contribution in [0, 0.1) is 5.82 Å². The molecule has 3 heteroatoms. The summed E-state index contributed by atoms with van der Waals surface area (Å²) in [5.74, 6) is -0.236. The SMILES string of the molecule is C=CCNC(C)c1cc(F)ccc1O. The van der Waals surface area contributed by atoms with Crippen LogP contribution in [0.15, 0.2) is 30.9 Å². The molecule has 0 aliphatic heterocycles. The van der Waals surface area contributed by atoms with E-state index in [-0.39, 0.29) is 17.6 Å². The third-order valence-electron chi connectivity index (χ3n) is 2.02. The van der Waals surface area contributed by atoms with Crippen LogP contribution in [0.2, 0.25) is 0 Å². The molecule has 2 N–H and O–H groups in total. The van der Waals surface area contributed by atoms with E-state index < -0.39 is 0 Å². The Hall–Kier alpha value is -1.35. The van der Waals surface area contributed by atoms with E-state index in [1.807, 2.05) is 6.92 Å². The highest BCUT2D eigenvalue weighted by atomic mass is 19.1. The molecule has 2 nitrogen and oxygen atoms in total. The Morgan fingerprint density at radius 3 is 3.00 bits per heavy atom. The van der Waals surface area contributed by atoms with Gasteiger partial charge < -0.3 is 10.4 Å². The van der Waals surface area contributed by atoms with Crippen LogP contribution in [0.4, 0.5) is 4.39 Å². The van der Waals surface area contributed by atoms with Crippen molar-refractivity contribution in [3.8, 4) is 5.75 Å². The molecule has 0 aliphatic carbocycles. The Kier molecular flexibility index (Phi) is 3.65. The first-order valence-electron chi connectivity index (χ1n) is 4.48. The second-order valence-electron chi connectivity index (χ2n) is 3.12. The number of rotatable bonds is 4. The van der Waals surface area contributed by atoms with E-state index in [0.717, 1.165) is 0 Å². The number of hydrogen-bond donors (Lipinski definition) is 2. The lowest BCUT2D eigenvalue weighted by atomic mass is 10.1. The van der Waals surface area contributed by atoms with Gasteiger partial charge in [0.25, 0.3) is 0 Å². The van der Waals surface area contributed by atoms with E-state index in [9.17, 15) is 9.50 Å². The van der Waals surface area contributed by atoms with Crippen LogP contribution in [0.3, 0.4) is 0 Å². The molecule has 0 saturated carbocycles. The fourth-order valence-corrected chi connectivity index (χ4v) is 1.24. The van der Waals surface area contributed by atoms with Crippen LogP contribution in [-0.2, 0) is 0 Å². The molecule has 0 bridgehead atoms. The number of hydrogen-bond acceptors (Lipinski definition) is 2. The summed E-state index contributed by atoms with van der Waals surface area (Å²) in [6.07, 6.45) is 1.72. The van der Waals surface area contributed by atoms with Crippen molar-refractivity contribution >= 4 is 0 Å². The van der Waals surface area contributed by atoms with Gasteiger partial charge in [0.1, 0.15) is 11.6 Å². The lowest BCUT2D eigenvalue weighted by molar-refractivity contribution is 0.452. The molecular weight excluding hydrogens is 181 g/mol. The van der Waals surface area contributed by atoms with E-state index in [0.29, 0.717) is 12.1 Å². The molecule has 0 amide bonds. The summed E-state index contributed by atoms with van der Waals surface area (Å²) in [6.45, 7) is 6.05. The first kappa shape index (κ1) is 10.7. The van der Waals surface area contributed by atoms with E-state index in [2.05, 4.69) is 11.9 Å². The summed E-state index contributed by atoms with van der Waals surface area (Å²) >= 11 is 0. The number of benzene rings is 1. The van der Waals surface area contributed by atoms with Crippen molar-refractivity contribution in [2.24, 2.45) is 0 Å². The molecular formula is C11H14FNO. The highest BCUT2D eigenvalue weighted by Gasteiger charge is 2.09. The van der Waals surface area contributed by atoms with Gasteiger partial charge in [-0.2, -0.15) is 0 Å². The predicted molar refractivity (Wildman–Crippen MR) is 54.7 cm³/mol. The molecule has 14 heavy (non-hydrogen) atoms. The summed E-state index contributed by atoms with van der Waals surface area (Å²) in [5, 5.41) is 12.5. The first-order chi connectivity index (χ1) is 6.65. The minimum atomic E-state index is -0.343. The van der Waals surface area contributed by atoms with Crippen molar-refractivity contribution in [1.82, 2.24) is 5.32 Å². The zero-order valence-electron chi connectivity index (χ0n) is 8.13. The maximum atomic E-state index is 12.9. The largest absolute Gasteiger partial charge is 0.508 e. The van der Waals surface area contributed by atoms with Crippen LogP contribution in [0.1, 0.15) is 18.5 Å². The molecule has 76 valence electrons. The predicted octanol–water partition coefficient (Wildman–Crippen LogP) is 2.37. The maximum absolute atomic E-state index is 12.9. The average Bonchev–Trinajstić information content (AvgIpc) is 2.18. The van der Waals surface area contributed by atoms with Crippen molar-refractivity contribution in [3.63, 3.8) is 0 Å². The molecule has 0 radical (unpaired) electrons. The second-order valence-corrected chi connectivity index (χ2v) is 3.12. The highest BCUT2D eigenvalue weighted by molar-refractivity contribution is 5.34. The number of phenolic OH excluding ortho intramolecular Hbond substituents is 1. The highest BCUT2D eigenvalue weighted by Crippen LogP contribution is 2.24. The van der Waals surface area contributed by atoms with E-state index >= 15 is 0 Å². The first-order valence-corrected chi connectivity index (χ1v) is 4.48. The van der Waals surface area contributed by atoms with Gasteiger partial charge in [-0.15, -0.1) is 6.58 Å². The van der Waals surface area contributed by atoms with Gasteiger partial charge in [0, 0.05) is 18.2 Å². The topological polar surface area (TPSA) is 32.3 Å². The van der Waals surface area contributed by atoms with Crippen LogP contribution < -0.4 is 5.32 Å². The van der Waals surface area contributed by atoms with Gasteiger partial charge in [-0.05, 0) is 25.1 Å². The molecule has 1 unspecified atom stereocenters. The Morgan fingerprint density at radius 1 is 1.64 bits per heavy atom.